The van der Waals surface area contributed by atoms with Crippen molar-refractivity contribution < 1.29 is 19.1 Å². The molecule has 2 unspecified atom stereocenters. The molecule has 2 atom stereocenters. The molecule has 78 valence electrons. The standard InChI is InChI=1S/C7H11N3O4/c1-4(14-5(2)11)6(9-10-8)7(12)13-3/h4,6H,1-3H3. The average Bonchev–Trinajstić information content (AvgIpc) is 2.11. The fourth-order valence-electron chi connectivity index (χ4n) is 0.835. The van der Waals surface area contributed by atoms with Gasteiger partial charge >= 0.3 is 11.9 Å². The molecule has 7 heteroatoms. The molecule has 0 spiro atoms. The van der Waals surface area contributed by atoms with Gasteiger partial charge in [0.2, 0.25) is 0 Å². The number of hydrogen-bond acceptors (Lipinski definition) is 5. The number of carbonyl (C=O) groups is 2. The number of carbonyl (C=O) groups excluding carboxylic acids is 2. The number of esters is 2. The van der Waals surface area contributed by atoms with E-state index in [9.17, 15) is 9.59 Å². The molecule has 0 aromatic carbocycles. The van der Waals surface area contributed by atoms with Gasteiger partial charge in [-0.2, -0.15) is 0 Å². The van der Waals surface area contributed by atoms with E-state index in [1.807, 2.05) is 0 Å². The first-order chi connectivity index (χ1) is 6.52. The molecule has 14 heavy (non-hydrogen) atoms. The second-order valence-electron chi connectivity index (χ2n) is 2.49. The number of nitrogens with zero attached hydrogens (tertiary/aromatic N) is 3. The lowest BCUT2D eigenvalue weighted by molar-refractivity contribution is -0.153. The third-order valence-electron chi connectivity index (χ3n) is 1.42. The summed E-state index contributed by atoms with van der Waals surface area (Å²) in [7, 11) is 1.16. The van der Waals surface area contributed by atoms with Crippen molar-refractivity contribution in [1.82, 2.24) is 0 Å². The zero-order valence-electron chi connectivity index (χ0n) is 8.13. The maximum Gasteiger partial charge on any atom is 0.318 e. The number of hydrogen-bond donors (Lipinski definition) is 0. The highest BCUT2D eigenvalue weighted by Crippen LogP contribution is 2.06. The topological polar surface area (TPSA) is 101 Å². The van der Waals surface area contributed by atoms with E-state index in [-0.39, 0.29) is 0 Å². The van der Waals surface area contributed by atoms with Crippen LogP contribution in [0.1, 0.15) is 13.8 Å². The van der Waals surface area contributed by atoms with E-state index in [2.05, 4.69) is 19.5 Å². The van der Waals surface area contributed by atoms with E-state index in [0.717, 1.165) is 7.11 Å². The minimum atomic E-state index is -1.14. The van der Waals surface area contributed by atoms with E-state index in [1.165, 1.54) is 13.8 Å². The highest BCUT2D eigenvalue weighted by atomic mass is 16.6. The Hall–Kier alpha value is -1.75. The molecular weight excluding hydrogens is 190 g/mol. The fourth-order valence-corrected chi connectivity index (χ4v) is 0.835. The average molecular weight is 201 g/mol. The number of ether oxygens (including phenoxy) is 2. The molecule has 0 heterocycles. The van der Waals surface area contributed by atoms with Crippen LogP contribution in [0.5, 0.6) is 0 Å². The molecule has 0 aliphatic rings. The molecule has 0 N–H and O–H groups in total. The van der Waals surface area contributed by atoms with Crippen LogP contribution >= 0.6 is 0 Å². The van der Waals surface area contributed by atoms with Crippen molar-refractivity contribution in [1.29, 1.82) is 0 Å². The predicted molar refractivity (Wildman–Crippen MR) is 46.2 cm³/mol. The Kier molecular flexibility index (Phi) is 5.09. The Morgan fingerprint density at radius 2 is 2.07 bits per heavy atom. The molecule has 0 aliphatic heterocycles. The van der Waals surface area contributed by atoms with Crippen LogP contribution in [0.25, 0.3) is 10.4 Å². The highest BCUT2D eigenvalue weighted by molar-refractivity contribution is 5.77. The van der Waals surface area contributed by atoms with Gasteiger partial charge in [-0.3, -0.25) is 9.59 Å². The van der Waals surface area contributed by atoms with Crippen LogP contribution in [0, 0.1) is 0 Å². The van der Waals surface area contributed by atoms with Crippen LogP contribution in [-0.2, 0) is 19.1 Å². The summed E-state index contributed by atoms with van der Waals surface area (Å²) in [5.41, 5.74) is 8.17. The minimum Gasteiger partial charge on any atom is -0.469 e. The predicted octanol–water partition coefficient (Wildman–Crippen LogP) is 0.790. The quantitative estimate of drug-likeness (QED) is 0.290. The van der Waals surface area contributed by atoms with Gasteiger partial charge in [0.25, 0.3) is 0 Å². The van der Waals surface area contributed by atoms with E-state index >= 15 is 0 Å². The Morgan fingerprint density at radius 3 is 2.43 bits per heavy atom. The zero-order valence-corrected chi connectivity index (χ0v) is 8.13. The van der Waals surface area contributed by atoms with Gasteiger partial charge in [-0.1, -0.05) is 5.11 Å². The Labute approximate surface area is 80.6 Å². The summed E-state index contributed by atoms with van der Waals surface area (Å²) in [5, 5.41) is 3.18. The third kappa shape index (κ3) is 3.77. The number of rotatable bonds is 4. The molecule has 0 bridgehead atoms. The van der Waals surface area contributed by atoms with Gasteiger partial charge in [-0.05, 0) is 12.5 Å². The molecule has 0 saturated carbocycles. The smallest absolute Gasteiger partial charge is 0.318 e. The van der Waals surface area contributed by atoms with Crippen LogP contribution < -0.4 is 0 Å². The first kappa shape index (κ1) is 12.2. The lowest BCUT2D eigenvalue weighted by Crippen LogP contribution is -2.34. The maximum absolute atomic E-state index is 11.0. The van der Waals surface area contributed by atoms with Crippen LogP contribution in [0.2, 0.25) is 0 Å². The van der Waals surface area contributed by atoms with Crippen molar-refractivity contribution >= 4 is 11.9 Å². The Morgan fingerprint density at radius 1 is 1.50 bits per heavy atom. The third-order valence-corrected chi connectivity index (χ3v) is 1.42. The second-order valence-corrected chi connectivity index (χ2v) is 2.49. The zero-order chi connectivity index (χ0) is 11.1. The first-order valence-electron chi connectivity index (χ1n) is 3.82. The number of azide groups is 1. The largest absolute Gasteiger partial charge is 0.469 e. The van der Waals surface area contributed by atoms with Gasteiger partial charge in [-0.15, -0.1) is 0 Å². The van der Waals surface area contributed by atoms with Gasteiger partial charge in [0.1, 0.15) is 6.10 Å². The monoisotopic (exact) mass is 201 g/mol. The van der Waals surface area contributed by atoms with Gasteiger partial charge in [0, 0.05) is 11.8 Å². The molecule has 0 amide bonds. The van der Waals surface area contributed by atoms with Crippen molar-refractivity contribution in [2.24, 2.45) is 5.11 Å². The van der Waals surface area contributed by atoms with Crippen molar-refractivity contribution in [3.8, 4) is 0 Å². The van der Waals surface area contributed by atoms with Gasteiger partial charge < -0.3 is 9.47 Å². The van der Waals surface area contributed by atoms with Crippen molar-refractivity contribution in [2.75, 3.05) is 7.11 Å². The van der Waals surface area contributed by atoms with Crippen molar-refractivity contribution in [2.45, 2.75) is 26.0 Å². The first-order valence-corrected chi connectivity index (χ1v) is 3.82. The van der Waals surface area contributed by atoms with Crippen LogP contribution in [-0.4, -0.2) is 31.2 Å². The summed E-state index contributed by atoms with van der Waals surface area (Å²) >= 11 is 0. The van der Waals surface area contributed by atoms with E-state index in [0.29, 0.717) is 0 Å². The molecule has 0 aliphatic carbocycles. The maximum atomic E-state index is 11.0. The van der Waals surface area contributed by atoms with Gasteiger partial charge in [0.05, 0.1) is 7.11 Å². The van der Waals surface area contributed by atoms with Crippen LogP contribution in [0.3, 0.4) is 0 Å². The summed E-state index contributed by atoms with van der Waals surface area (Å²) in [6.07, 6.45) is -0.837. The minimum absolute atomic E-state index is 0.556. The molecule has 0 radical (unpaired) electrons. The molecule has 0 rings (SSSR count). The van der Waals surface area contributed by atoms with Gasteiger partial charge in [0.15, 0.2) is 6.04 Å². The fraction of sp³-hybridized carbons (Fsp3) is 0.714. The Bertz CT molecular complexity index is 272. The van der Waals surface area contributed by atoms with E-state index < -0.39 is 24.1 Å². The second kappa shape index (κ2) is 5.82. The highest BCUT2D eigenvalue weighted by Gasteiger charge is 2.26. The van der Waals surface area contributed by atoms with Crippen LogP contribution in [0.15, 0.2) is 5.11 Å². The summed E-state index contributed by atoms with van der Waals surface area (Å²) in [4.78, 5) is 24.1. The Balaban J connectivity index is 4.55. The molecule has 0 aromatic rings. The summed E-state index contributed by atoms with van der Waals surface area (Å²) in [5.74, 6) is -1.30. The normalized spacial score (nSPS) is 13.4. The van der Waals surface area contributed by atoms with Crippen LogP contribution in [0.4, 0.5) is 0 Å². The molecule has 0 aromatic heterocycles. The van der Waals surface area contributed by atoms with Crippen molar-refractivity contribution in [3.05, 3.63) is 10.4 Å². The molecule has 0 fully saturated rings. The summed E-state index contributed by atoms with van der Waals surface area (Å²) < 4.78 is 9.06. The SMILES string of the molecule is COC(=O)C(N=[N+]=[N-])C(C)OC(C)=O. The van der Waals surface area contributed by atoms with E-state index in [1.54, 1.807) is 0 Å². The lowest BCUT2D eigenvalue weighted by Gasteiger charge is -2.16. The molecule has 7 nitrogen and oxygen atoms in total. The lowest BCUT2D eigenvalue weighted by atomic mass is 10.2. The van der Waals surface area contributed by atoms with E-state index in [4.69, 9.17) is 5.53 Å². The molecule has 0 saturated heterocycles. The van der Waals surface area contributed by atoms with Crippen molar-refractivity contribution in [3.63, 3.8) is 0 Å². The summed E-state index contributed by atoms with van der Waals surface area (Å²) in [6, 6.07) is -1.14. The van der Waals surface area contributed by atoms with Gasteiger partial charge in [-0.25, -0.2) is 0 Å². The number of methoxy groups -OCH3 is 1. The summed E-state index contributed by atoms with van der Waals surface area (Å²) in [6.45, 7) is 2.64. The molecular formula is C7H11N3O4.